The molecule has 0 bridgehead atoms. The number of amidine groups is 1. The molecule has 1 saturated heterocycles. The minimum Gasteiger partial charge on any atom is -0.493 e. The van der Waals surface area contributed by atoms with Crippen LogP contribution in [0.2, 0.25) is 0 Å². The van der Waals surface area contributed by atoms with Crippen LogP contribution in [0.15, 0.2) is 22.0 Å². The topological polar surface area (TPSA) is 60.4 Å². The molecule has 7 heteroatoms. The van der Waals surface area contributed by atoms with Gasteiger partial charge in [0.05, 0.1) is 26.2 Å². The molecule has 0 aromatic heterocycles. The Morgan fingerprint density at radius 1 is 1.04 bits per heavy atom. The second-order valence-corrected chi connectivity index (χ2v) is 6.83. The van der Waals surface area contributed by atoms with Gasteiger partial charge in [0.25, 0.3) is 5.91 Å². The fourth-order valence-corrected chi connectivity index (χ4v) is 3.92. The number of piperidine rings is 1. The number of nitrogens with zero attached hydrogens (tertiary/aromatic N) is 2. The summed E-state index contributed by atoms with van der Waals surface area (Å²) in [5, 5.41) is 0.809. The van der Waals surface area contributed by atoms with E-state index in [1.54, 1.807) is 21.3 Å². The first-order chi connectivity index (χ1) is 12.2. The summed E-state index contributed by atoms with van der Waals surface area (Å²) in [4.78, 5) is 19.3. The highest BCUT2D eigenvalue weighted by Crippen LogP contribution is 2.40. The third kappa shape index (κ3) is 3.76. The second kappa shape index (κ2) is 7.82. The van der Waals surface area contributed by atoms with Crippen LogP contribution in [-0.4, -0.2) is 50.4 Å². The molecular weight excluding hydrogens is 340 g/mol. The molecule has 2 aliphatic rings. The summed E-state index contributed by atoms with van der Waals surface area (Å²) in [5.41, 5.74) is 0.806. The van der Waals surface area contributed by atoms with Crippen LogP contribution in [0.4, 0.5) is 0 Å². The van der Waals surface area contributed by atoms with Crippen molar-refractivity contribution in [2.75, 3.05) is 34.4 Å². The first-order valence-electron chi connectivity index (χ1n) is 8.23. The van der Waals surface area contributed by atoms with Crippen molar-refractivity contribution in [3.05, 3.63) is 22.6 Å². The van der Waals surface area contributed by atoms with Crippen LogP contribution < -0.4 is 14.2 Å². The highest BCUT2D eigenvalue weighted by Gasteiger charge is 2.27. The second-order valence-electron chi connectivity index (χ2n) is 5.82. The van der Waals surface area contributed by atoms with Crippen LogP contribution in [0.5, 0.6) is 17.2 Å². The summed E-state index contributed by atoms with van der Waals surface area (Å²) in [6.45, 7) is 1.94. The fourth-order valence-electron chi connectivity index (χ4n) is 2.95. The maximum absolute atomic E-state index is 12.3. The molecule has 0 unspecified atom stereocenters. The molecule has 0 radical (unpaired) electrons. The lowest BCUT2D eigenvalue weighted by molar-refractivity contribution is -0.113. The minimum atomic E-state index is -0.195. The Hall–Kier alpha value is -2.15. The van der Waals surface area contributed by atoms with Gasteiger partial charge in [0.2, 0.25) is 5.75 Å². The van der Waals surface area contributed by atoms with E-state index in [0.717, 1.165) is 36.7 Å². The Morgan fingerprint density at radius 2 is 1.68 bits per heavy atom. The molecule has 25 heavy (non-hydrogen) atoms. The van der Waals surface area contributed by atoms with Gasteiger partial charge in [-0.05, 0) is 54.8 Å². The number of thioether (sulfide) groups is 1. The van der Waals surface area contributed by atoms with Gasteiger partial charge in [-0.1, -0.05) is 0 Å². The van der Waals surface area contributed by atoms with E-state index in [9.17, 15) is 4.79 Å². The van der Waals surface area contributed by atoms with Crippen molar-refractivity contribution in [2.45, 2.75) is 19.3 Å². The van der Waals surface area contributed by atoms with E-state index in [4.69, 9.17) is 14.2 Å². The molecule has 1 aromatic rings. The molecule has 1 fully saturated rings. The summed E-state index contributed by atoms with van der Waals surface area (Å²) in [6, 6.07) is 3.64. The first-order valence-corrected chi connectivity index (χ1v) is 9.05. The van der Waals surface area contributed by atoms with Crippen molar-refractivity contribution >= 4 is 28.9 Å². The third-order valence-corrected chi connectivity index (χ3v) is 5.27. The third-order valence-electron chi connectivity index (χ3n) is 4.22. The highest BCUT2D eigenvalue weighted by molar-refractivity contribution is 8.18. The molecule has 3 rings (SSSR count). The monoisotopic (exact) mass is 362 g/mol. The van der Waals surface area contributed by atoms with Gasteiger partial charge in [-0.3, -0.25) is 4.79 Å². The average Bonchev–Trinajstić information content (AvgIpc) is 3.02. The van der Waals surface area contributed by atoms with Crippen molar-refractivity contribution in [2.24, 2.45) is 4.99 Å². The summed E-state index contributed by atoms with van der Waals surface area (Å²) in [7, 11) is 4.70. The van der Waals surface area contributed by atoms with Gasteiger partial charge >= 0.3 is 0 Å². The normalized spacial score (nSPS) is 19.2. The van der Waals surface area contributed by atoms with E-state index in [0.29, 0.717) is 22.2 Å². The van der Waals surface area contributed by atoms with Gasteiger partial charge in [-0.25, -0.2) is 0 Å². The number of benzene rings is 1. The lowest BCUT2D eigenvalue weighted by atomic mass is 10.1. The fraction of sp³-hybridized carbons (Fsp3) is 0.444. The maximum Gasteiger partial charge on any atom is 0.286 e. The minimum absolute atomic E-state index is 0.195. The number of amides is 1. The zero-order valence-electron chi connectivity index (χ0n) is 14.7. The number of likely N-dealkylation sites (tertiary alicyclic amines) is 1. The van der Waals surface area contributed by atoms with Gasteiger partial charge in [0, 0.05) is 13.1 Å². The SMILES string of the molecule is COc1cc(/C=C2/SC(N3CCCCC3)=NC2=O)cc(OC)c1OC. The summed E-state index contributed by atoms with van der Waals surface area (Å²) in [5.74, 6) is 1.45. The van der Waals surface area contributed by atoms with Gasteiger partial charge < -0.3 is 19.1 Å². The highest BCUT2D eigenvalue weighted by atomic mass is 32.2. The standard InChI is InChI=1S/C18H22N2O4S/c1-22-13-9-12(10-14(23-2)16(13)24-3)11-15-17(21)19-18(25-15)20-7-5-4-6-8-20/h9-11H,4-8H2,1-3H3/b15-11+. The number of carbonyl (C=O) groups is 1. The van der Waals surface area contributed by atoms with Gasteiger partial charge in [-0.15, -0.1) is 0 Å². The summed E-state index contributed by atoms with van der Waals surface area (Å²) in [6.07, 6.45) is 5.37. The number of aliphatic imine (C=N–C) groups is 1. The molecule has 1 aromatic carbocycles. The van der Waals surface area contributed by atoms with E-state index in [2.05, 4.69) is 9.89 Å². The van der Waals surface area contributed by atoms with E-state index in [-0.39, 0.29) is 5.91 Å². The predicted octanol–water partition coefficient (Wildman–Crippen LogP) is 3.17. The van der Waals surface area contributed by atoms with Crippen LogP contribution in [0.25, 0.3) is 6.08 Å². The molecule has 2 aliphatic heterocycles. The van der Waals surface area contributed by atoms with Crippen LogP contribution in [0.3, 0.4) is 0 Å². The largest absolute Gasteiger partial charge is 0.493 e. The quantitative estimate of drug-likeness (QED) is 0.767. The molecule has 2 heterocycles. The Kier molecular flexibility index (Phi) is 5.53. The Bertz CT molecular complexity index is 699. The lowest BCUT2D eigenvalue weighted by Crippen LogP contribution is -2.33. The van der Waals surface area contributed by atoms with Crippen LogP contribution in [-0.2, 0) is 4.79 Å². The van der Waals surface area contributed by atoms with E-state index >= 15 is 0 Å². The number of carbonyl (C=O) groups excluding carboxylic acids is 1. The van der Waals surface area contributed by atoms with Crippen molar-refractivity contribution in [3.63, 3.8) is 0 Å². The van der Waals surface area contributed by atoms with Crippen LogP contribution >= 0.6 is 11.8 Å². The number of hydrogen-bond donors (Lipinski definition) is 0. The molecule has 0 saturated carbocycles. The zero-order chi connectivity index (χ0) is 17.8. The first kappa shape index (κ1) is 17.7. The van der Waals surface area contributed by atoms with Gasteiger partial charge in [-0.2, -0.15) is 4.99 Å². The zero-order valence-corrected chi connectivity index (χ0v) is 15.5. The number of ether oxygens (including phenoxy) is 3. The summed E-state index contributed by atoms with van der Waals surface area (Å²) >= 11 is 1.43. The van der Waals surface area contributed by atoms with Crippen molar-refractivity contribution < 1.29 is 19.0 Å². The van der Waals surface area contributed by atoms with Crippen molar-refractivity contribution in [1.82, 2.24) is 4.90 Å². The van der Waals surface area contributed by atoms with Crippen molar-refractivity contribution in [3.8, 4) is 17.2 Å². The Balaban J connectivity index is 1.85. The molecule has 0 N–H and O–H groups in total. The van der Waals surface area contributed by atoms with Gasteiger partial charge in [0.15, 0.2) is 16.7 Å². The molecule has 0 spiro atoms. The van der Waals surface area contributed by atoms with Crippen LogP contribution in [0.1, 0.15) is 24.8 Å². The smallest absolute Gasteiger partial charge is 0.286 e. The Labute approximate surface area is 151 Å². The molecule has 134 valence electrons. The molecular formula is C18H22N2O4S. The predicted molar refractivity (Wildman–Crippen MR) is 99.5 cm³/mol. The molecule has 0 aliphatic carbocycles. The lowest BCUT2D eigenvalue weighted by Gasteiger charge is -2.27. The van der Waals surface area contributed by atoms with Crippen LogP contribution in [0, 0.1) is 0 Å². The number of rotatable bonds is 4. The van der Waals surface area contributed by atoms with E-state index in [1.165, 1.54) is 18.2 Å². The average molecular weight is 362 g/mol. The molecule has 1 amide bonds. The number of hydrogen-bond acceptors (Lipinski definition) is 6. The molecule has 6 nitrogen and oxygen atoms in total. The maximum atomic E-state index is 12.3. The summed E-state index contributed by atoms with van der Waals surface area (Å²) < 4.78 is 16.1. The Morgan fingerprint density at radius 3 is 2.24 bits per heavy atom. The van der Waals surface area contributed by atoms with Crippen molar-refractivity contribution in [1.29, 1.82) is 0 Å². The van der Waals surface area contributed by atoms with E-state index < -0.39 is 0 Å². The number of methoxy groups -OCH3 is 3. The van der Waals surface area contributed by atoms with E-state index in [1.807, 2.05) is 18.2 Å². The van der Waals surface area contributed by atoms with Gasteiger partial charge in [0.1, 0.15) is 0 Å². The molecule has 0 atom stereocenters.